The molecule has 7 heteroatoms. The SMILES string of the molecule is Nc1nc2ncn3ncnc3c2cc1P. The van der Waals surface area contributed by atoms with Crippen molar-refractivity contribution >= 4 is 37.0 Å². The molecule has 0 fully saturated rings. The van der Waals surface area contributed by atoms with Gasteiger partial charge in [0.15, 0.2) is 11.3 Å². The standard InChI is InChI=1S/C8H7N6P/c9-6-5(15)1-4-7(13-6)11-3-14-8(4)10-2-12-14/h1-3H,15H2,(H2,9,13). The Balaban J connectivity index is 2.57. The fourth-order valence-electron chi connectivity index (χ4n) is 1.43. The molecule has 0 radical (unpaired) electrons. The number of pyridine rings is 1. The van der Waals surface area contributed by atoms with E-state index in [1.54, 1.807) is 10.8 Å². The van der Waals surface area contributed by atoms with Gasteiger partial charge in [0.25, 0.3) is 0 Å². The molecule has 3 heterocycles. The first-order valence-corrected chi connectivity index (χ1v) is 4.83. The van der Waals surface area contributed by atoms with Gasteiger partial charge < -0.3 is 5.73 Å². The van der Waals surface area contributed by atoms with E-state index in [1.807, 2.05) is 6.07 Å². The Morgan fingerprint density at radius 1 is 1.33 bits per heavy atom. The van der Waals surface area contributed by atoms with E-state index in [-0.39, 0.29) is 0 Å². The van der Waals surface area contributed by atoms with E-state index in [2.05, 4.69) is 29.3 Å². The van der Waals surface area contributed by atoms with Gasteiger partial charge >= 0.3 is 0 Å². The van der Waals surface area contributed by atoms with E-state index in [4.69, 9.17) is 5.73 Å². The third kappa shape index (κ3) is 1.15. The molecule has 0 aliphatic carbocycles. The summed E-state index contributed by atoms with van der Waals surface area (Å²) in [6, 6.07) is 1.89. The summed E-state index contributed by atoms with van der Waals surface area (Å²) in [5.74, 6) is 0.462. The normalized spacial score (nSPS) is 11.3. The average molecular weight is 218 g/mol. The van der Waals surface area contributed by atoms with Crippen LogP contribution in [-0.4, -0.2) is 24.6 Å². The van der Waals surface area contributed by atoms with Crippen LogP contribution in [0.2, 0.25) is 0 Å². The highest BCUT2D eigenvalue weighted by atomic mass is 31.0. The van der Waals surface area contributed by atoms with Crippen LogP contribution >= 0.6 is 9.24 Å². The zero-order valence-electron chi connectivity index (χ0n) is 7.62. The summed E-state index contributed by atoms with van der Waals surface area (Å²) in [5.41, 5.74) is 7.01. The Hall–Kier alpha value is -1.81. The molecule has 3 aromatic rings. The van der Waals surface area contributed by atoms with Gasteiger partial charge in [0.1, 0.15) is 18.5 Å². The highest BCUT2D eigenvalue weighted by Gasteiger charge is 2.07. The first-order chi connectivity index (χ1) is 7.25. The first-order valence-electron chi connectivity index (χ1n) is 4.26. The number of nitrogens with two attached hydrogens (primary N) is 1. The number of hydrogen-bond acceptors (Lipinski definition) is 5. The molecule has 1 atom stereocenters. The zero-order valence-corrected chi connectivity index (χ0v) is 8.78. The Morgan fingerprint density at radius 3 is 3.07 bits per heavy atom. The van der Waals surface area contributed by atoms with Gasteiger partial charge in [-0.1, -0.05) is 0 Å². The second-order valence-electron chi connectivity index (χ2n) is 3.11. The molecule has 0 aliphatic heterocycles. The van der Waals surface area contributed by atoms with Crippen molar-refractivity contribution < 1.29 is 0 Å². The highest BCUT2D eigenvalue weighted by molar-refractivity contribution is 7.28. The molecule has 2 N–H and O–H groups in total. The lowest BCUT2D eigenvalue weighted by atomic mass is 10.3. The summed E-state index contributed by atoms with van der Waals surface area (Å²) < 4.78 is 1.60. The topological polar surface area (TPSA) is 82.0 Å². The molecule has 0 bridgehead atoms. The molecule has 0 spiro atoms. The largest absolute Gasteiger partial charge is 0.383 e. The van der Waals surface area contributed by atoms with Gasteiger partial charge in [-0.2, -0.15) is 5.10 Å². The fraction of sp³-hybridized carbons (Fsp3) is 0. The van der Waals surface area contributed by atoms with Gasteiger partial charge in [-0.3, -0.25) is 0 Å². The molecule has 3 rings (SSSR count). The molecule has 0 saturated heterocycles. The molecule has 0 saturated carbocycles. The van der Waals surface area contributed by atoms with Crippen LogP contribution in [0, 0.1) is 0 Å². The van der Waals surface area contributed by atoms with E-state index >= 15 is 0 Å². The third-order valence-electron chi connectivity index (χ3n) is 2.17. The lowest BCUT2D eigenvalue weighted by molar-refractivity contribution is 0.931. The zero-order chi connectivity index (χ0) is 10.4. The molecule has 1 unspecified atom stereocenters. The van der Waals surface area contributed by atoms with Crippen molar-refractivity contribution in [2.45, 2.75) is 0 Å². The first kappa shape index (κ1) is 8.49. The van der Waals surface area contributed by atoms with Crippen molar-refractivity contribution in [1.29, 1.82) is 0 Å². The lowest BCUT2D eigenvalue weighted by Gasteiger charge is -2.02. The Labute approximate surface area is 86.7 Å². The van der Waals surface area contributed by atoms with Gasteiger partial charge in [-0.15, -0.1) is 9.24 Å². The fourth-order valence-corrected chi connectivity index (χ4v) is 1.66. The number of fused-ring (bicyclic) bond motifs is 3. The van der Waals surface area contributed by atoms with Crippen LogP contribution < -0.4 is 11.0 Å². The third-order valence-corrected chi connectivity index (χ3v) is 2.63. The Bertz CT molecular complexity index is 661. The van der Waals surface area contributed by atoms with Gasteiger partial charge in [-0.25, -0.2) is 19.5 Å². The van der Waals surface area contributed by atoms with Crippen LogP contribution in [0.3, 0.4) is 0 Å². The van der Waals surface area contributed by atoms with E-state index < -0.39 is 0 Å². The number of nitrogens with zero attached hydrogens (tertiary/aromatic N) is 5. The quantitative estimate of drug-likeness (QED) is 0.526. The molecule has 15 heavy (non-hydrogen) atoms. The second kappa shape index (κ2) is 2.84. The minimum Gasteiger partial charge on any atom is -0.383 e. The summed E-state index contributed by atoms with van der Waals surface area (Å²) in [6.07, 6.45) is 3.05. The van der Waals surface area contributed by atoms with Gasteiger partial charge in [0.05, 0.1) is 5.39 Å². The number of anilines is 1. The average Bonchev–Trinajstić information content (AvgIpc) is 2.68. The summed E-state index contributed by atoms with van der Waals surface area (Å²) in [7, 11) is 2.53. The van der Waals surface area contributed by atoms with Crippen molar-refractivity contribution in [3.8, 4) is 0 Å². The summed E-state index contributed by atoms with van der Waals surface area (Å²) in [6.45, 7) is 0. The molecule has 0 aromatic carbocycles. The van der Waals surface area contributed by atoms with E-state index in [0.717, 1.165) is 16.3 Å². The van der Waals surface area contributed by atoms with Gasteiger partial charge in [-0.05, 0) is 6.07 Å². The second-order valence-corrected chi connectivity index (χ2v) is 3.73. The maximum atomic E-state index is 5.69. The van der Waals surface area contributed by atoms with Crippen LogP contribution in [0.1, 0.15) is 0 Å². The lowest BCUT2D eigenvalue weighted by Crippen LogP contribution is -2.06. The van der Waals surface area contributed by atoms with Gasteiger partial charge in [0.2, 0.25) is 0 Å². The van der Waals surface area contributed by atoms with Crippen LogP contribution in [0.25, 0.3) is 16.7 Å². The molecule has 6 nitrogen and oxygen atoms in total. The van der Waals surface area contributed by atoms with Gasteiger partial charge in [0, 0.05) is 5.30 Å². The van der Waals surface area contributed by atoms with Crippen LogP contribution in [0.15, 0.2) is 18.7 Å². The maximum Gasteiger partial charge on any atom is 0.168 e. The molecule has 3 aromatic heterocycles. The number of rotatable bonds is 0. The number of aromatic nitrogens is 5. The number of hydrogen-bond donors (Lipinski definition) is 1. The Kier molecular flexibility index (Phi) is 1.61. The predicted octanol–water partition coefficient (Wildman–Crippen LogP) is -0.245. The summed E-state index contributed by atoms with van der Waals surface area (Å²) in [5, 5.41) is 5.67. The van der Waals surface area contributed by atoms with E-state index in [0.29, 0.717) is 11.5 Å². The molecule has 0 aliphatic rings. The summed E-state index contributed by atoms with van der Waals surface area (Å²) >= 11 is 0. The smallest absolute Gasteiger partial charge is 0.168 e. The monoisotopic (exact) mass is 218 g/mol. The van der Waals surface area contributed by atoms with Crippen molar-refractivity contribution in [3.05, 3.63) is 18.7 Å². The van der Waals surface area contributed by atoms with Crippen LogP contribution in [0.4, 0.5) is 5.82 Å². The minimum atomic E-state index is 0.462. The molecular formula is C8H7N6P. The number of nitrogen functional groups attached to an aromatic ring is 1. The maximum absolute atomic E-state index is 5.69. The predicted molar refractivity (Wildman–Crippen MR) is 59.8 cm³/mol. The van der Waals surface area contributed by atoms with Crippen LogP contribution in [-0.2, 0) is 0 Å². The van der Waals surface area contributed by atoms with Crippen molar-refractivity contribution in [2.24, 2.45) is 0 Å². The van der Waals surface area contributed by atoms with Crippen molar-refractivity contribution in [1.82, 2.24) is 24.6 Å². The highest BCUT2D eigenvalue weighted by Crippen LogP contribution is 2.15. The van der Waals surface area contributed by atoms with Crippen LogP contribution in [0.5, 0.6) is 0 Å². The summed E-state index contributed by atoms with van der Waals surface area (Å²) in [4.78, 5) is 12.5. The molecular weight excluding hydrogens is 211 g/mol. The molecule has 74 valence electrons. The van der Waals surface area contributed by atoms with E-state index in [9.17, 15) is 0 Å². The molecule has 0 amide bonds. The van der Waals surface area contributed by atoms with E-state index in [1.165, 1.54) is 6.33 Å². The van der Waals surface area contributed by atoms with Crippen molar-refractivity contribution in [2.75, 3.05) is 5.73 Å². The Morgan fingerprint density at radius 2 is 2.20 bits per heavy atom. The minimum absolute atomic E-state index is 0.462. The van der Waals surface area contributed by atoms with Crippen molar-refractivity contribution in [3.63, 3.8) is 0 Å².